The third-order valence-corrected chi connectivity index (χ3v) is 22.6. The van der Waals surface area contributed by atoms with Crippen molar-refractivity contribution >= 4 is 106 Å². The van der Waals surface area contributed by atoms with Crippen molar-refractivity contribution in [3.05, 3.63) is 189 Å². The van der Waals surface area contributed by atoms with Crippen molar-refractivity contribution in [3.8, 4) is 0 Å². The van der Waals surface area contributed by atoms with Gasteiger partial charge >= 0.3 is 0 Å². The summed E-state index contributed by atoms with van der Waals surface area (Å²) in [5.41, 5.74) is 29.0. The molecular formula is C82H96BN3S. The Morgan fingerprint density at radius 3 is 1.49 bits per heavy atom. The van der Waals surface area contributed by atoms with E-state index in [9.17, 15) is 0 Å². The minimum absolute atomic E-state index is 0.00160. The Morgan fingerprint density at radius 2 is 0.943 bits per heavy atom. The molecule has 0 fully saturated rings. The molecule has 87 heavy (non-hydrogen) atoms. The number of nitrogens with zero attached hydrogens (tertiary/aromatic N) is 3. The monoisotopic (exact) mass is 1170 g/mol. The number of rotatable bonds is 5. The number of aryl methyl sites for hydroxylation is 2. The largest absolute Gasteiger partial charge is 0.311 e. The van der Waals surface area contributed by atoms with E-state index in [2.05, 4.69) is 300 Å². The summed E-state index contributed by atoms with van der Waals surface area (Å²) in [5.74, 6) is 0. The van der Waals surface area contributed by atoms with Gasteiger partial charge in [-0.15, -0.1) is 11.3 Å². The van der Waals surface area contributed by atoms with Crippen molar-refractivity contribution in [2.75, 3.05) is 14.7 Å². The first kappa shape index (κ1) is 59.4. The third-order valence-electron chi connectivity index (χ3n) is 21.4. The quantitative estimate of drug-likeness (QED) is 0.159. The summed E-state index contributed by atoms with van der Waals surface area (Å²) in [6.45, 7) is 52.9. The van der Waals surface area contributed by atoms with Crippen LogP contribution in [0.15, 0.2) is 133 Å². The summed E-state index contributed by atoms with van der Waals surface area (Å²) in [7, 11) is 0. The lowest BCUT2D eigenvalue weighted by Crippen LogP contribution is -2.62. The first-order chi connectivity index (χ1) is 40.5. The van der Waals surface area contributed by atoms with Crippen LogP contribution in [-0.4, -0.2) is 6.71 Å². The van der Waals surface area contributed by atoms with Gasteiger partial charge in [-0.3, -0.25) is 0 Å². The fraction of sp³-hybridized carbons (Fsp3) is 0.415. The predicted octanol–water partition coefficient (Wildman–Crippen LogP) is 22.1. The summed E-state index contributed by atoms with van der Waals surface area (Å²) < 4.78 is 2.65. The molecule has 0 spiro atoms. The van der Waals surface area contributed by atoms with Crippen LogP contribution in [0.5, 0.6) is 0 Å². The highest BCUT2D eigenvalue weighted by atomic mass is 32.1. The molecule has 13 rings (SSSR count). The van der Waals surface area contributed by atoms with Crippen LogP contribution in [0.25, 0.3) is 20.2 Å². The maximum absolute atomic E-state index is 2.75. The maximum atomic E-state index is 2.75. The highest BCUT2D eigenvalue weighted by molar-refractivity contribution is 7.26. The molecule has 2 aliphatic carbocycles. The number of anilines is 9. The van der Waals surface area contributed by atoms with E-state index < -0.39 is 0 Å². The van der Waals surface area contributed by atoms with E-state index in [1.54, 1.807) is 0 Å². The SMILES string of the molecule is Cc1cc(C(C)(C)C)ccc1N(c1ccc2c(c1)N(c1ccc(C(C)(C)C)c3c1sc1ccccc13)c1cc(C(C)(C)C)cc3c1B2c1cc2c(cc1N3c1ccc3c(c1)C(C)(C)CCC3(C)C)C(C)(C)CCC2(C)C)c1ccc(C(C)(C)C)cc1C. The number of fused-ring (bicyclic) bond motifs is 9. The van der Waals surface area contributed by atoms with Crippen LogP contribution >= 0.6 is 11.3 Å². The van der Waals surface area contributed by atoms with Crippen LogP contribution in [0.2, 0.25) is 0 Å². The topological polar surface area (TPSA) is 9.72 Å². The van der Waals surface area contributed by atoms with Gasteiger partial charge in [0, 0.05) is 61.0 Å². The molecule has 0 saturated carbocycles. The lowest BCUT2D eigenvalue weighted by atomic mass is 9.33. The Bertz CT molecular complexity index is 4260. The second-order valence-electron chi connectivity index (χ2n) is 33.8. The summed E-state index contributed by atoms with van der Waals surface area (Å²) in [4.78, 5) is 8.09. The van der Waals surface area contributed by atoms with Crippen molar-refractivity contribution in [1.82, 2.24) is 0 Å². The molecule has 8 aromatic carbocycles. The number of benzene rings is 8. The standard InChI is InChI=1S/C82H96BN3S/c1-49-41-51(75(3,4)5)27-34-64(49)84(65-35-28-52(42-50(65)2)76(6,7)8)55-30-33-62-67(46-55)86(66-36-32-58(78(12,13)14)72-56-25-23-24-26-71(56)87-74(66)72)70-44-53(77(9,10)11)43-69-73(70)83(62)63-47-60-61(82(21,22)40-39-81(60,19)20)48-68(63)85(69)54-29-31-57-59(45-54)80(17,18)38-37-79(57,15)16/h23-36,41-48H,37-40H2,1-22H3. The van der Waals surface area contributed by atoms with Gasteiger partial charge in [0.15, 0.2) is 0 Å². The molecule has 5 heteroatoms. The average molecular weight is 1170 g/mol. The molecule has 9 aromatic rings. The fourth-order valence-electron chi connectivity index (χ4n) is 15.6. The summed E-state index contributed by atoms with van der Waals surface area (Å²) in [5, 5.41) is 2.71. The van der Waals surface area contributed by atoms with Crippen molar-refractivity contribution < 1.29 is 0 Å². The molecule has 448 valence electrons. The van der Waals surface area contributed by atoms with Crippen molar-refractivity contribution in [2.45, 2.75) is 221 Å². The summed E-state index contributed by atoms with van der Waals surface area (Å²) >= 11 is 1.96. The molecule has 0 N–H and O–H groups in total. The molecule has 1 aromatic heterocycles. The first-order valence-electron chi connectivity index (χ1n) is 32.7. The van der Waals surface area contributed by atoms with E-state index in [-0.39, 0.29) is 50.0 Å². The normalized spacial score (nSPS) is 17.4. The lowest BCUT2D eigenvalue weighted by molar-refractivity contribution is 0.332. The van der Waals surface area contributed by atoms with Gasteiger partial charge in [0.2, 0.25) is 0 Å². The minimum Gasteiger partial charge on any atom is -0.311 e. The summed E-state index contributed by atoms with van der Waals surface area (Å²) in [6.07, 6.45) is 4.65. The number of hydrogen-bond acceptors (Lipinski definition) is 4. The molecule has 0 saturated heterocycles. The van der Waals surface area contributed by atoms with E-state index in [0.29, 0.717) is 0 Å². The predicted molar refractivity (Wildman–Crippen MR) is 383 cm³/mol. The molecular weight excluding hydrogens is 1070 g/mol. The Morgan fingerprint density at radius 1 is 0.425 bits per heavy atom. The van der Waals surface area contributed by atoms with Gasteiger partial charge < -0.3 is 14.7 Å². The molecule has 0 amide bonds. The first-order valence-corrected chi connectivity index (χ1v) is 33.5. The highest BCUT2D eigenvalue weighted by Gasteiger charge is 2.48. The zero-order chi connectivity index (χ0) is 62.4. The van der Waals surface area contributed by atoms with Crippen LogP contribution < -0.4 is 31.1 Å². The highest BCUT2D eigenvalue weighted by Crippen LogP contribution is 2.56. The lowest BCUT2D eigenvalue weighted by Gasteiger charge is -2.48. The molecule has 0 atom stereocenters. The van der Waals surface area contributed by atoms with E-state index in [0.717, 1.165) is 24.9 Å². The van der Waals surface area contributed by atoms with Crippen LogP contribution in [-0.2, 0) is 43.3 Å². The van der Waals surface area contributed by atoms with E-state index in [1.807, 2.05) is 11.3 Å². The Labute approximate surface area is 527 Å². The molecule has 3 heterocycles. The second-order valence-corrected chi connectivity index (χ2v) is 34.8. The third kappa shape index (κ3) is 9.54. The zero-order valence-electron chi connectivity index (χ0n) is 56.9. The van der Waals surface area contributed by atoms with Crippen LogP contribution in [0.4, 0.5) is 51.2 Å². The van der Waals surface area contributed by atoms with E-state index >= 15 is 0 Å². The van der Waals surface area contributed by atoms with Crippen LogP contribution in [0.3, 0.4) is 0 Å². The smallest absolute Gasteiger partial charge is 0.252 e. The number of thiophene rings is 1. The van der Waals surface area contributed by atoms with Crippen LogP contribution in [0, 0.1) is 13.8 Å². The minimum atomic E-state index is -0.183. The van der Waals surface area contributed by atoms with Gasteiger partial charge in [-0.05, 0) is 222 Å². The van der Waals surface area contributed by atoms with Crippen molar-refractivity contribution in [1.29, 1.82) is 0 Å². The Kier molecular flexibility index (Phi) is 13.3. The molecule has 4 aliphatic rings. The average Bonchev–Trinajstić information content (AvgIpc) is 1.00. The Hall–Kier alpha value is -6.56. The van der Waals surface area contributed by atoms with E-state index in [1.165, 1.54) is 144 Å². The Balaban J connectivity index is 1.18. The molecule has 0 unspecified atom stereocenters. The zero-order valence-corrected chi connectivity index (χ0v) is 57.7. The molecule has 0 bridgehead atoms. The van der Waals surface area contributed by atoms with Gasteiger partial charge in [0.25, 0.3) is 6.71 Å². The maximum Gasteiger partial charge on any atom is 0.252 e. The van der Waals surface area contributed by atoms with Crippen molar-refractivity contribution in [2.24, 2.45) is 0 Å². The second kappa shape index (κ2) is 19.5. The molecule has 0 radical (unpaired) electrons. The van der Waals surface area contributed by atoms with Gasteiger partial charge in [-0.2, -0.15) is 0 Å². The van der Waals surface area contributed by atoms with Crippen molar-refractivity contribution in [3.63, 3.8) is 0 Å². The molecule has 3 nitrogen and oxygen atoms in total. The van der Waals surface area contributed by atoms with Gasteiger partial charge in [0.1, 0.15) is 0 Å². The fourth-order valence-corrected chi connectivity index (χ4v) is 16.9. The van der Waals surface area contributed by atoms with E-state index in [4.69, 9.17) is 0 Å². The van der Waals surface area contributed by atoms with Gasteiger partial charge in [-0.25, -0.2) is 0 Å². The van der Waals surface area contributed by atoms with Gasteiger partial charge in [-0.1, -0.05) is 205 Å². The number of hydrogen-bond donors (Lipinski definition) is 0. The van der Waals surface area contributed by atoms with Crippen LogP contribution in [0.1, 0.15) is 220 Å². The van der Waals surface area contributed by atoms with Gasteiger partial charge in [0.05, 0.1) is 10.4 Å². The molecule has 2 aliphatic heterocycles. The summed E-state index contributed by atoms with van der Waals surface area (Å²) in [6, 6.07) is 54.5.